The molecule has 0 saturated heterocycles. The molecule has 5 rings (SSSR count). The molecule has 0 aliphatic heterocycles. The van der Waals surface area contributed by atoms with Crippen molar-refractivity contribution in [3.8, 4) is 22.3 Å². The van der Waals surface area contributed by atoms with Gasteiger partial charge in [0.25, 0.3) is 0 Å². The Morgan fingerprint density at radius 1 is 0.744 bits per heavy atom. The monoisotopic (exact) mass is 560 g/mol. The molecule has 0 atom stereocenters. The third-order valence-corrected chi connectivity index (χ3v) is 7.58. The maximum absolute atomic E-state index is 8.40. The van der Waals surface area contributed by atoms with Gasteiger partial charge in [-0.1, -0.05) is 115 Å². The van der Waals surface area contributed by atoms with Crippen LogP contribution in [0, 0.1) is 5.41 Å². The lowest BCUT2D eigenvalue weighted by Gasteiger charge is -2.10. The second kappa shape index (κ2) is 13.0. The summed E-state index contributed by atoms with van der Waals surface area (Å²) in [6.07, 6.45) is 7.77. The molecule has 0 heterocycles. The summed E-state index contributed by atoms with van der Waals surface area (Å²) < 4.78 is 0. The molecule has 0 fully saturated rings. The Morgan fingerprint density at radius 3 is 2.12 bits per heavy atom. The average Bonchev–Trinajstić information content (AvgIpc) is 3.04. The molecular weight excluding hydrogens is 524 g/mol. The van der Waals surface area contributed by atoms with Gasteiger partial charge in [-0.25, -0.2) is 4.99 Å². The lowest BCUT2D eigenvalue weighted by molar-refractivity contribution is 1.39. The highest BCUT2D eigenvalue weighted by molar-refractivity contribution is 6.10. The minimum absolute atomic E-state index is 0.123. The number of anilines is 1. The number of benzene rings is 5. The highest BCUT2D eigenvalue weighted by Crippen LogP contribution is 2.32. The number of fused-ring (bicyclic) bond motifs is 1. The van der Waals surface area contributed by atoms with Crippen molar-refractivity contribution >= 4 is 39.8 Å². The van der Waals surface area contributed by atoms with E-state index < -0.39 is 0 Å². The van der Waals surface area contributed by atoms with Gasteiger partial charge in [0.2, 0.25) is 0 Å². The molecule has 0 aliphatic rings. The molecule has 4 nitrogen and oxygen atoms in total. The van der Waals surface area contributed by atoms with Gasteiger partial charge in [0.1, 0.15) is 5.84 Å². The number of nitrogens with two attached hydrogens (primary N) is 2. The second-order valence-corrected chi connectivity index (χ2v) is 10.4. The third-order valence-electron chi connectivity index (χ3n) is 7.58. The maximum Gasteiger partial charge on any atom is 0.154 e. The Bertz CT molecular complexity index is 1900. The molecule has 5 aromatic carbocycles. The first-order valence-electron chi connectivity index (χ1n) is 14.4. The molecule has 0 saturated carbocycles. The summed E-state index contributed by atoms with van der Waals surface area (Å²) in [5.41, 5.74) is 22.5. The zero-order chi connectivity index (χ0) is 30.3. The van der Waals surface area contributed by atoms with Gasteiger partial charge in [0.05, 0.1) is 0 Å². The van der Waals surface area contributed by atoms with E-state index in [1.54, 1.807) is 0 Å². The van der Waals surface area contributed by atoms with Gasteiger partial charge in [0, 0.05) is 16.8 Å². The fourth-order valence-electron chi connectivity index (χ4n) is 5.16. The van der Waals surface area contributed by atoms with Crippen LogP contribution in [0.4, 0.5) is 5.69 Å². The number of hydrogen-bond donors (Lipinski definition) is 3. The van der Waals surface area contributed by atoms with Crippen molar-refractivity contribution < 1.29 is 0 Å². The Balaban J connectivity index is 1.36. The molecule has 4 heteroatoms. The van der Waals surface area contributed by atoms with Gasteiger partial charge >= 0.3 is 0 Å². The fraction of sp³-hybridized carbons (Fsp3) is 0.0769. The number of nitrogens with one attached hydrogen (secondary N) is 1. The van der Waals surface area contributed by atoms with Crippen LogP contribution < -0.4 is 11.5 Å². The molecule has 5 aromatic rings. The summed E-state index contributed by atoms with van der Waals surface area (Å²) >= 11 is 0. The molecule has 0 spiro atoms. The van der Waals surface area contributed by atoms with E-state index in [1.165, 1.54) is 21.9 Å². The second-order valence-electron chi connectivity index (χ2n) is 10.4. The summed E-state index contributed by atoms with van der Waals surface area (Å²) in [6, 6.07) is 37.6. The summed E-state index contributed by atoms with van der Waals surface area (Å²) in [4.78, 5) is 4.29. The number of hydrogen-bond acceptors (Lipinski definition) is 2. The van der Waals surface area contributed by atoms with Crippen LogP contribution in [0.1, 0.15) is 37.5 Å². The van der Waals surface area contributed by atoms with Gasteiger partial charge in [-0.2, -0.15) is 0 Å². The van der Waals surface area contributed by atoms with Crippen molar-refractivity contribution in [1.82, 2.24) is 0 Å². The van der Waals surface area contributed by atoms with Crippen LogP contribution in [0.5, 0.6) is 0 Å². The van der Waals surface area contributed by atoms with E-state index in [1.807, 2.05) is 62.4 Å². The molecule has 0 aliphatic carbocycles. The highest BCUT2D eigenvalue weighted by Gasteiger charge is 2.08. The molecule has 0 unspecified atom stereocenters. The van der Waals surface area contributed by atoms with Crippen molar-refractivity contribution in [3.63, 3.8) is 0 Å². The zero-order valence-electron chi connectivity index (χ0n) is 24.8. The molecule has 5 N–H and O–H groups in total. The molecule has 0 radical (unpaired) electrons. The van der Waals surface area contributed by atoms with Crippen LogP contribution >= 0.6 is 0 Å². The molecule has 43 heavy (non-hydrogen) atoms. The summed E-state index contributed by atoms with van der Waals surface area (Å²) in [5, 5.41) is 10.9. The van der Waals surface area contributed by atoms with E-state index in [2.05, 4.69) is 96.9 Å². The van der Waals surface area contributed by atoms with Crippen LogP contribution in [0.2, 0.25) is 0 Å². The number of amidine groups is 2. The Kier molecular flexibility index (Phi) is 8.78. The number of nitrogen functional groups attached to an aromatic ring is 1. The molecule has 0 bridgehead atoms. The van der Waals surface area contributed by atoms with Crippen LogP contribution in [0.3, 0.4) is 0 Å². The normalized spacial score (nSPS) is 12.7. The van der Waals surface area contributed by atoms with Crippen molar-refractivity contribution in [2.75, 3.05) is 5.73 Å². The summed E-state index contributed by atoms with van der Waals surface area (Å²) in [5.74, 6) is 0.447. The zero-order valence-corrected chi connectivity index (χ0v) is 24.8. The van der Waals surface area contributed by atoms with Gasteiger partial charge in [-0.05, 0) is 88.7 Å². The lowest BCUT2D eigenvalue weighted by Crippen LogP contribution is -2.16. The maximum atomic E-state index is 8.40. The number of allylic oxidation sites excluding steroid dienone is 3. The van der Waals surface area contributed by atoms with Crippen molar-refractivity contribution in [2.24, 2.45) is 10.7 Å². The highest BCUT2D eigenvalue weighted by atomic mass is 14.9. The van der Waals surface area contributed by atoms with Gasteiger partial charge in [-0.3, -0.25) is 5.41 Å². The first kappa shape index (κ1) is 29.0. The SMILES string of the molecule is C/C=C\C(=C/C)C(N)=NC(=N)c1ccc(/C(C)=C/c2cc(-c3ccc(-c4cccc5ccccc45)cc3)ccc2N)cc1. The van der Waals surface area contributed by atoms with Crippen LogP contribution in [-0.4, -0.2) is 11.7 Å². The standard InChI is InChI=1S/C39H36N4/c1-4-9-27(5-2)38(41)43-39(42)32-20-14-28(15-21-32)26(3)24-34-25-33(22-23-37(34)40)29-16-18-31(19-17-29)36-13-8-11-30-10-6-7-12-35(30)36/h4-25H,40H2,1-3H3,(H3,41,42,43)/b9-4-,26-24+,27-5+. The van der Waals surface area contributed by atoms with Crippen LogP contribution in [-0.2, 0) is 0 Å². The fourth-order valence-corrected chi connectivity index (χ4v) is 5.16. The first-order valence-corrected chi connectivity index (χ1v) is 14.4. The van der Waals surface area contributed by atoms with Crippen LogP contribution in [0.25, 0.3) is 44.7 Å². The van der Waals surface area contributed by atoms with E-state index in [9.17, 15) is 0 Å². The van der Waals surface area contributed by atoms with Gasteiger partial charge in [0.15, 0.2) is 5.84 Å². The largest absolute Gasteiger partial charge is 0.398 e. The van der Waals surface area contributed by atoms with E-state index in [4.69, 9.17) is 16.9 Å². The van der Waals surface area contributed by atoms with E-state index in [0.717, 1.165) is 39.1 Å². The minimum Gasteiger partial charge on any atom is -0.398 e. The van der Waals surface area contributed by atoms with Crippen molar-refractivity contribution in [1.29, 1.82) is 5.41 Å². The van der Waals surface area contributed by atoms with Gasteiger partial charge in [-0.15, -0.1) is 0 Å². The predicted octanol–water partition coefficient (Wildman–Crippen LogP) is 9.52. The van der Waals surface area contributed by atoms with Crippen molar-refractivity contribution in [2.45, 2.75) is 20.8 Å². The average molecular weight is 561 g/mol. The lowest BCUT2D eigenvalue weighted by atomic mass is 9.95. The van der Waals surface area contributed by atoms with Crippen LogP contribution in [0.15, 0.2) is 138 Å². The predicted molar refractivity (Wildman–Crippen MR) is 186 cm³/mol. The summed E-state index contributed by atoms with van der Waals surface area (Å²) in [6.45, 7) is 5.89. The topological polar surface area (TPSA) is 88.2 Å². The quantitative estimate of drug-likeness (QED) is 0.0608. The number of nitrogens with zero attached hydrogens (tertiary/aromatic N) is 1. The number of rotatable bonds is 7. The Hall–Kier alpha value is -5.48. The van der Waals surface area contributed by atoms with E-state index in [-0.39, 0.29) is 5.84 Å². The Labute approximate surface area is 253 Å². The Morgan fingerprint density at radius 2 is 1.40 bits per heavy atom. The third kappa shape index (κ3) is 6.55. The first-order chi connectivity index (χ1) is 20.9. The molecular formula is C39H36N4. The molecule has 0 aromatic heterocycles. The smallest absolute Gasteiger partial charge is 0.154 e. The van der Waals surface area contributed by atoms with Crippen molar-refractivity contribution in [3.05, 3.63) is 150 Å². The summed E-state index contributed by atoms with van der Waals surface area (Å²) in [7, 11) is 0. The van der Waals surface area contributed by atoms with Gasteiger partial charge < -0.3 is 11.5 Å². The van der Waals surface area contributed by atoms with E-state index in [0.29, 0.717) is 11.4 Å². The number of aliphatic imine (C=N–C) groups is 1. The van der Waals surface area contributed by atoms with E-state index >= 15 is 0 Å². The minimum atomic E-state index is 0.123. The molecule has 0 amide bonds. The molecule has 212 valence electrons.